The lowest BCUT2D eigenvalue weighted by Gasteiger charge is -2.21. The van der Waals surface area contributed by atoms with Gasteiger partial charge in [-0.05, 0) is 30.9 Å². The lowest BCUT2D eigenvalue weighted by atomic mass is 9.97. The Morgan fingerprint density at radius 2 is 1.68 bits per heavy atom. The highest BCUT2D eigenvalue weighted by atomic mass is 16.4. The van der Waals surface area contributed by atoms with Gasteiger partial charge in [-0.3, -0.25) is 4.79 Å². The number of anilines is 1. The molecule has 2 aromatic rings. The fraction of sp³-hybridized carbons (Fsp3) is 0.300. The Bertz CT molecular complexity index is 788. The van der Waals surface area contributed by atoms with E-state index in [9.17, 15) is 19.8 Å². The van der Waals surface area contributed by atoms with Gasteiger partial charge in [0.2, 0.25) is 0 Å². The maximum atomic E-state index is 12.9. The van der Waals surface area contributed by atoms with Crippen LogP contribution in [-0.4, -0.2) is 34.1 Å². The molecule has 0 aromatic heterocycles. The third-order valence-electron chi connectivity index (χ3n) is 4.67. The minimum Gasteiger partial charge on any atom is -0.478 e. The predicted octanol–water partition coefficient (Wildman–Crippen LogP) is 3.19. The molecular weight excluding hydrogens is 318 g/mol. The zero-order chi connectivity index (χ0) is 18.0. The fourth-order valence-electron chi connectivity index (χ4n) is 3.42. The minimum absolute atomic E-state index is 0.0357. The topological polar surface area (TPSA) is 86.6 Å². The summed E-state index contributed by atoms with van der Waals surface area (Å²) in [4.78, 5) is 24.5. The summed E-state index contributed by atoms with van der Waals surface area (Å²) in [6.45, 7) is 2.05. The van der Waals surface area contributed by atoms with Crippen LogP contribution in [0.15, 0.2) is 48.5 Å². The van der Waals surface area contributed by atoms with Crippen LogP contribution in [0.2, 0.25) is 0 Å². The van der Waals surface area contributed by atoms with Crippen LogP contribution in [0.25, 0.3) is 0 Å². The van der Waals surface area contributed by atoms with E-state index in [0.717, 1.165) is 6.42 Å². The largest absolute Gasteiger partial charge is 0.478 e. The standard InChI is InChI=1S/C20H21NO4/c1-12-10-16(17(22)11-12)21-18-14(8-5-9-15(18)20(24)25)19(23)13-6-3-2-4-7-13/h2-9,12,16-17,21-22H,10-11H2,1H3,(H,24,25). The van der Waals surface area contributed by atoms with Crippen molar-refractivity contribution in [2.45, 2.75) is 31.9 Å². The zero-order valence-corrected chi connectivity index (χ0v) is 14.0. The van der Waals surface area contributed by atoms with Crippen molar-refractivity contribution in [2.24, 2.45) is 5.92 Å². The van der Waals surface area contributed by atoms with Crippen molar-refractivity contribution in [1.82, 2.24) is 0 Å². The zero-order valence-electron chi connectivity index (χ0n) is 14.0. The van der Waals surface area contributed by atoms with Gasteiger partial charge >= 0.3 is 5.97 Å². The van der Waals surface area contributed by atoms with Crippen LogP contribution in [-0.2, 0) is 0 Å². The number of aliphatic hydroxyl groups is 1. The van der Waals surface area contributed by atoms with E-state index in [0.29, 0.717) is 23.5 Å². The van der Waals surface area contributed by atoms with Crippen molar-refractivity contribution in [2.75, 3.05) is 5.32 Å². The molecule has 1 saturated carbocycles. The number of hydrogen-bond acceptors (Lipinski definition) is 4. The number of nitrogens with one attached hydrogen (secondary N) is 1. The van der Waals surface area contributed by atoms with Gasteiger partial charge in [-0.1, -0.05) is 43.3 Å². The van der Waals surface area contributed by atoms with Crippen molar-refractivity contribution < 1.29 is 19.8 Å². The molecule has 3 unspecified atom stereocenters. The van der Waals surface area contributed by atoms with Crippen LogP contribution in [0, 0.1) is 5.92 Å². The number of ketones is 1. The summed E-state index contributed by atoms with van der Waals surface area (Å²) in [5.41, 5.74) is 1.11. The van der Waals surface area contributed by atoms with E-state index in [1.807, 2.05) is 13.0 Å². The first-order valence-electron chi connectivity index (χ1n) is 8.38. The van der Waals surface area contributed by atoms with E-state index >= 15 is 0 Å². The van der Waals surface area contributed by atoms with Crippen molar-refractivity contribution >= 4 is 17.4 Å². The van der Waals surface area contributed by atoms with Crippen LogP contribution in [0.1, 0.15) is 46.0 Å². The minimum atomic E-state index is -1.11. The van der Waals surface area contributed by atoms with Crippen molar-refractivity contribution in [3.8, 4) is 0 Å². The van der Waals surface area contributed by atoms with Gasteiger partial charge in [0, 0.05) is 11.1 Å². The maximum absolute atomic E-state index is 12.9. The lowest BCUT2D eigenvalue weighted by Crippen LogP contribution is -2.30. The fourth-order valence-corrected chi connectivity index (χ4v) is 3.42. The predicted molar refractivity (Wildman–Crippen MR) is 95.1 cm³/mol. The molecule has 5 heteroatoms. The number of carboxylic acids is 1. The van der Waals surface area contributed by atoms with Gasteiger partial charge in [-0.15, -0.1) is 0 Å². The van der Waals surface area contributed by atoms with Gasteiger partial charge in [0.05, 0.1) is 23.4 Å². The van der Waals surface area contributed by atoms with Crippen LogP contribution in [0.5, 0.6) is 0 Å². The second-order valence-electron chi connectivity index (χ2n) is 6.62. The number of rotatable bonds is 5. The Morgan fingerprint density at radius 3 is 2.28 bits per heavy atom. The van der Waals surface area contributed by atoms with Gasteiger partial charge in [0.15, 0.2) is 5.78 Å². The summed E-state index contributed by atoms with van der Waals surface area (Å²) in [5, 5.41) is 22.9. The van der Waals surface area contributed by atoms with Crippen LogP contribution >= 0.6 is 0 Å². The first kappa shape index (κ1) is 17.2. The Labute approximate surface area is 146 Å². The first-order valence-corrected chi connectivity index (χ1v) is 8.38. The number of carbonyl (C=O) groups is 2. The van der Waals surface area contributed by atoms with Crippen LogP contribution in [0.3, 0.4) is 0 Å². The summed E-state index contributed by atoms with van der Waals surface area (Å²) < 4.78 is 0. The molecule has 3 atom stereocenters. The molecule has 2 aromatic carbocycles. The van der Waals surface area contributed by atoms with Gasteiger partial charge < -0.3 is 15.5 Å². The summed E-state index contributed by atoms with van der Waals surface area (Å²) in [7, 11) is 0. The van der Waals surface area contributed by atoms with Gasteiger partial charge in [0.1, 0.15) is 0 Å². The average Bonchev–Trinajstić information content (AvgIpc) is 2.92. The number of aromatic carboxylic acids is 1. The molecule has 0 saturated heterocycles. The van der Waals surface area contributed by atoms with Gasteiger partial charge in [-0.25, -0.2) is 4.79 Å². The third-order valence-corrected chi connectivity index (χ3v) is 4.67. The molecular formula is C20H21NO4. The van der Waals surface area contributed by atoms with Crippen LogP contribution in [0.4, 0.5) is 5.69 Å². The van der Waals surface area contributed by atoms with E-state index in [1.165, 1.54) is 6.07 Å². The molecule has 1 fully saturated rings. The first-order chi connectivity index (χ1) is 12.0. The quantitative estimate of drug-likeness (QED) is 0.728. The van der Waals surface area contributed by atoms with Crippen LogP contribution < -0.4 is 5.32 Å². The van der Waals surface area contributed by atoms with E-state index in [2.05, 4.69) is 5.32 Å². The molecule has 1 aliphatic carbocycles. The number of hydrogen-bond donors (Lipinski definition) is 3. The molecule has 0 aliphatic heterocycles. The highest BCUT2D eigenvalue weighted by Gasteiger charge is 2.32. The molecule has 3 N–H and O–H groups in total. The number of benzene rings is 2. The molecule has 130 valence electrons. The number of carbonyl (C=O) groups excluding carboxylic acids is 1. The molecule has 0 radical (unpaired) electrons. The number of aliphatic hydroxyl groups excluding tert-OH is 1. The molecule has 0 amide bonds. The second kappa shape index (κ2) is 7.07. The smallest absolute Gasteiger partial charge is 0.337 e. The summed E-state index contributed by atoms with van der Waals surface area (Å²) >= 11 is 0. The highest BCUT2D eigenvalue weighted by molar-refractivity contribution is 6.14. The summed E-state index contributed by atoms with van der Waals surface area (Å²) in [6, 6.07) is 13.1. The van der Waals surface area contributed by atoms with E-state index in [1.54, 1.807) is 36.4 Å². The van der Waals surface area contributed by atoms with E-state index in [-0.39, 0.29) is 23.1 Å². The van der Waals surface area contributed by atoms with Gasteiger partial charge in [-0.2, -0.15) is 0 Å². The molecule has 5 nitrogen and oxygen atoms in total. The third kappa shape index (κ3) is 3.56. The van der Waals surface area contributed by atoms with E-state index < -0.39 is 12.1 Å². The summed E-state index contributed by atoms with van der Waals surface area (Å²) in [5.74, 6) is -1.00. The normalized spacial score (nSPS) is 22.6. The van der Waals surface area contributed by atoms with Crippen molar-refractivity contribution in [3.05, 3.63) is 65.2 Å². The molecule has 1 aliphatic rings. The highest BCUT2D eigenvalue weighted by Crippen LogP contribution is 2.31. The molecule has 0 heterocycles. The van der Waals surface area contributed by atoms with Crippen molar-refractivity contribution in [3.63, 3.8) is 0 Å². The lowest BCUT2D eigenvalue weighted by molar-refractivity contribution is 0.0697. The maximum Gasteiger partial charge on any atom is 0.337 e. The Balaban J connectivity index is 2.02. The average molecular weight is 339 g/mol. The Hall–Kier alpha value is -2.66. The molecule has 0 spiro atoms. The number of carboxylic acid groups (broad SMARTS) is 1. The second-order valence-corrected chi connectivity index (χ2v) is 6.62. The summed E-state index contributed by atoms with van der Waals surface area (Å²) in [6.07, 6.45) is 0.833. The SMILES string of the molecule is CC1CC(O)C(Nc2c(C(=O)O)cccc2C(=O)c2ccccc2)C1. The Kier molecular flexibility index (Phi) is 4.86. The molecule has 0 bridgehead atoms. The monoisotopic (exact) mass is 339 g/mol. The molecule has 3 rings (SSSR count). The van der Waals surface area contributed by atoms with E-state index in [4.69, 9.17) is 0 Å². The molecule has 25 heavy (non-hydrogen) atoms. The van der Waals surface area contributed by atoms with Crippen molar-refractivity contribution in [1.29, 1.82) is 0 Å². The number of para-hydroxylation sites is 1. The Morgan fingerprint density at radius 1 is 1.00 bits per heavy atom. The van der Waals surface area contributed by atoms with Gasteiger partial charge in [0.25, 0.3) is 0 Å².